The zero-order valence-electron chi connectivity index (χ0n) is 10.4. The summed E-state index contributed by atoms with van der Waals surface area (Å²) in [6.45, 7) is 0.211. The van der Waals surface area contributed by atoms with Crippen molar-refractivity contribution < 1.29 is 13.9 Å². The van der Waals surface area contributed by atoms with Crippen molar-refractivity contribution in [1.29, 1.82) is 5.26 Å². The fraction of sp³-hybridized carbons (Fsp3) is 0.133. The van der Waals surface area contributed by atoms with Crippen LogP contribution in [-0.2, 0) is 6.61 Å². The summed E-state index contributed by atoms with van der Waals surface area (Å²) in [6.07, 6.45) is 0. The maximum Gasteiger partial charge on any atom is 0.162 e. The van der Waals surface area contributed by atoms with E-state index < -0.39 is 0 Å². The molecule has 0 saturated heterocycles. The molecule has 0 aliphatic rings. The third-order valence-electron chi connectivity index (χ3n) is 2.58. The Balaban J connectivity index is 2.16. The second-order valence-electron chi connectivity index (χ2n) is 3.90. The zero-order valence-corrected chi connectivity index (χ0v) is 10.4. The highest BCUT2D eigenvalue weighted by Crippen LogP contribution is 2.28. The lowest BCUT2D eigenvalue weighted by Gasteiger charge is -2.10. The van der Waals surface area contributed by atoms with Crippen LogP contribution in [0.4, 0.5) is 4.39 Å². The highest BCUT2D eigenvalue weighted by atomic mass is 19.1. The Bertz CT molecular complexity index is 620. The van der Waals surface area contributed by atoms with Crippen molar-refractivity contribution in [2.45, 2.75) is 6.61 Å². The van der Waals surface area contributed by atoms with Gasteiger partial charge in [0.15, 0.2) is 11.5 Å². The SMILES string of the molecule is COc1ccc(C#N)cc1OCc1cccc(F)c1. The molecule has 0 saturated carbocycles. The van der Waals surface area contributed by atoms with Crippen LogP contribution in [0.15, 0.2) is 42.5 Å². The van der Waals surface area contributed by atoms with Crippen molar-refractivity contribution in [2.75, 3.05) is 7.11 Å². The Morgan fingerprint density at radius 2 is 2.00 bits per heavy atom. The van der Waals surface area contributed by atoms with E-state index >= 15 is 0 Å². The van der Waals surface area contributed by atoms with Gasteiger partial charge in [-0.1, -0.05) is 12.1 Å². The summed E-state index contributed by atoms with van der Waals surface area (Å²) in [4.78, 5) is 0. The predicted octanol–water partition coefficient (Wildman–Crippen LogP) is 3.28. The van der Waals surface area contributed by atoms with E-state index in [1.54, 1.807) is 30.3 Å². The molecule has 0 aromatic heterocycles. The number of nitriles is 1. The first-order chi connectivity index (χ1) is 9.22. The number of rotatable bonds is 4. The molecule has 0 atom stereocenters. The first kappa shape index (κ1) is 12.9. The number of benzene rings is 2. The quantitative estimate of drug-likeness (QED) is 0.844. The summed E-state index contributed by atoms with van der Waals surface area (Å²) in [5, 5.41) is 8.85. The van der Waals surface area contributed by atoms with Crippen LogP contribution in [0.5, 0.6) is 11.5 Å². The standard InChI is InChI=1S/C15H12FNO2/c1-18-14-6-5-11(9-17)8-15(14)19-10-12-3-2-4-13(16)7-12/h2-8H,10H2,1H3. The van der Waals surface area contributed by atoms with Crippen LogP contribution in [0.2, 0.25) is 0 Å². The molecule has 0 spiro atoms. The molecular formula is C15H12FNO2. The Morgan fingerprint density at radius 3 is 2.68 bits per heavy atom. The lowest BCUT2D eigenvalue weighted by Crippen LogP contribution is -1.98. The van der Waals surface area contributed by atoms with Crippen LogP contribution >= 0.6 is 0 Å². The molecule has 3 nitrogen and oxygen atoms in total. The van der Waals surface area contributed by atoms with Crippen molar-refractivity contribution in [3.63, 3.8) is 0 Å². The van der Waals surface area contributed by atoms with Gasteiger partial charge in [0.25, 0.3) is 0 Å². The molecule has 0 amide bonds. The molecule has 2 aromatic rings. The van der Waals surface area contributed by atoms with E-state index in [1.165, 1.54) is 19.2 Å². The van der Waals surface area contributed by atoms with Gasteiger partial charge in [-0.05, 0) is 29.8 Å². The number of methoxy groups -OCH3 is 1. The molecule has 19 heavy (non-hydrogen) atoms. The highest BCUT2D eigenvalue weighted by molar-refractivity contribution is 5.46. The Labute approximate surface area is 110 Å². The van der Waals surface area contributed by atoms with Gasteiger partial charge in [0.05, 0.1) is 18.7 Å². The molecule has 0 aliphatic carbocycles. The molecule has 0 N–H and O–H groups in total. The molecule has 0 heterocycles. The van der Waals surface area contributed by atoms with Crippen molar-refractivity contribution >= 4 is 0 Å². The smallest absolute Gasteiger partial charge is 0.162 e. The van der Waals surface area contributed by atoms with Crippen LogP contribution in [0, 0.1) is 17.1 Å². The Kier molecular flexibility index (Phi) is 3.99. The minimum atomic E-state index is -0.307. The summed E-state index contributed by atoms with van der Waals surface area (Å²) >= 11 is 0. The van der Waals surface area contributed by atoms with Gasteiger partial charge in [-0.25, -0.2) is 4.39 Å². The number of nitrogens with zero attached hydrogens (tertiary/aromatic N) is 1. The van der Waals surface area contributed by atoms with Gasteiger partial charge < -0.3 is 9.47 Å². The molecule has 96 valence electrons. The van der Waals surface area contributed by atoms with Gasteiger partial charge in [0.2, 0.25) is 0 Å². The van der Waals surface area contributed by atoms with Crippen molar-refractivity contribution in [2.24, 2.45) is 0 Å². The number of hydrogen-bond donors (Lipinski definition) is 0. The Hall–Kier alpha value is -2.54. The maximum absolute atomic E-state index is 13.0. The van der Waals surface area contributed by atoms with Gasteiger partial charge >= 0.3 is 0 Å². The summed E-state index contributed by atoms with van der Waals surface area (Å²) < 4.78 is 23.8. The first-order valence-corrected chi connectivity index (χ1v) is 5.68. The number of halogens is 1. The van der Waals surface area contributed by atoms with Crippen molar-refractivity contribution in [1.82, 2.24) is 0 Å². The van der Waals surface area contributed by atoms with Crippen molar-refractivity contribution in [3.05, 3.63) is 59.4 Å². The average Bonchev–Trinajstić information content (AvgIpc) is 2.45. The van der Waals surface area contributed by atoms with Gasteiger partial charge in [0, 0.05) is 6.07 Å². The number of hydrogen-bond acceptors (Lipinski definition) is 3. The van der Waals surface area contributed by atoms with Gasteiger partial charge in [-0.2, -0.15) is 5.26 Å². The van der Waals surface area contributed by atoms with Crippen LogP contribution in [0.25, 0.3) is 0 Å². The zero-order chi connectivity index (χ0) is 13.7. The predicted molar refractivity (Wildman–Crippen MR) is 68.4 cm³/mol. The summed E-state index contributed by atoms with van der Waals surface area (Å²) in [6, 6.07) is 13.1. The monoisotopic (exact) mass is 257 g/mol. The molecule has 0 radical (unpaired) electrons. The minimum Gasteiger partial charge on any atom is -0.493 e. The van der Waals surface area contributed by atoms with Gasteiger partial charge in [0.1, 0.15) is 12.4 Å². The normalized spacial score (nSPS) is 9.74. The molecule has 4 heteroatoms. The van der Waals surface area contributed by atoms with Crippen LogP contribution in [0.3, 0.4) is 0 Å². The maximum atomic E-state index is 13.0. The van der Waals surface area contributed by atoms with E-state index in [0.717, 1.165) is 0 Å². The topological polar surface area (TPSA) is 42.2 Å². The van der Waals surface area contributed by atoms with Crippen molar-refractivity contribution in [3.8, 4) is 17.6 Å². The van der Waals surface area contributed by atoms with E-state index in [1.807, 2.05) is 6.07 Å². The second-order valence-corrected chi connectivity index (χ2v) is 3.90. The summed E-state index contributed by atoms with van der Waals surface area (Å²) in [5.41, 5.74) is 1.19. The average molecular weight is 257 g/mol. The van der Waals surface area contributed by atoms with E-state index in [0.29, 0.717) is 22.6 Å². The van der Waals surface area contributed by atoms with E-state index in [-0.39, 0.29) is 12.4 Å². The van der Waals surface area contributed by atoms with E-state index in [2.05, 4.69) is 0 Å². The fourth-order valence-electron chi connectivity index (χ4n) is 1.65. The third kappa shape index (κ3) is 3.23. The Morgan fingerprint density at radius 1 is 1.16 bits per heavy atom. The molecule has 0 unspecified atom stereocenters. The second kappa shape index (κ2) is 5.87. The van der Waals surface area contributed by atoms with Crippen LogP contribution in [0.1, 0.15) is 11.1 Å². The van der Waals surface area contributed by atoms with Gasteiger partial charge in [-0.15, -0.1) is 0 Å². The van der Waals surface area contributed by atoms with E-state index in [4.69, 9.17) is 14.7 Å². The molecule has 0 aliphatic heterocycles. The molecule has 0 bridgehead atoms. The molecule has 2 aromatic carbocycles. The molecular weight excluding hydrogens is 245 g/mol. The molecule has 0 fully saturated rings. The molecule has 2 rings (SSSR count). The largest absolute Gasteiger partial charge is 0.493 e. The minimum absolute atomic E-state index is 0.211. The highest BCUT2D eigenvalue weighted by Gasteiger charge is 2.06. The lowest BCUT2D eigenvalue weighted by atomic mass is 10.2. The first-order valence-electron chi connectivity index (χ1n) is 5.68. The summed E-state index contributed by atoms with van der Waals surface area (Å²) in [5.74, 6) is 0.694. The fourth-order valence-corrected chi connectivity index (χ4v) is 1.65. The van der Waals surface area contributed by atoms with Gasteiger partial charge in [-0.3, -0.25) is 0 Å². The van der Waals surface area contributed by atoms with Crippen LogP contribution < -0.4 is 9.47 Å². The number of ether oxygens (including phenoxy) is 2. The third-order valence-corrected chi connectivity index (χ3v) is 2.58. The van der Waals surface area contributed by atoms with E-state index in [9.17, 15) is 4.39 Å². The lowest BCUT2D eigenvalue weighted by molar-refractivity contribution is 0.284. The van der Waals surface area contributed by atoms with Crippen LogP contribution in [-0.4, -0.2) is 7.11 Å². The summed E-state index contributed by atoms with van der Waals surface area (Å²) in [7, 11) is 1.52.